The Kier molecular flexibility index (Phi) is 7.49. The molecule has 1 heterocycles. The maximum atomic E-state index is 13.8. The number of rotatable bonds is 9. The van der Waals surface area contributed by atoms with Crippen molar-refractivity contribution >= 4 is 17.4 Å². The molecule has 0 aliphatic heterocycles. The van der Waals surface area contributed by atoms with Crippen molar-refractivity contribution in [3.8, 4) is 0 Å². The van der Waals surface area contributed by atoms with Crippen molar-refractivity contribution in [1.29, 1.82) is 0 Å². The van der Waals surface area contributed by atoms with Gasteiger partial charge in [-0.25, -0.2) is 4.98 Å². The fraction of sp³-hybridized carbons (Fsp3) is 0.571. The summed E-state index contributed by atoms with van der Waals surface area (Å²) < 4.78 is 224. The number of hydrogen-bond donors (Lipinski definition) is 1. The summed E-state index contributed by atoms with van der Waals surface area (Å²) in [4.78, 5) is 23.3. The smallest absolute Gasteiger partial charge is 0.305 e. The quantitative estimate of drug-likeness (QED) is 0.221. The van der Waals surface area contributed by atoms with Crippen molar-refractivity contribution < 1.29 is 84.4 Å². The number of carbonyl (C=O) groups excluding carboxylic acids is 1. The standard InChI is InChI=1S/C14H4F17N3O3/c15-7(16,6(35)33-5-2-1-4(3-32-5)34(36)37)8(17,18)9(19,20)10(21,22)11(23,24)12(25,26)13(27,28)14(29,30)31/h1-3H,(H,32,33,35). The SMILES string of the molecule is O=C(Nc1ccc([N+](=O)[O-])cn1)C(F)(F)C(F)(F)C(F)(F)C(F)(F)C(F)(F)C(F)(F)C(F)(F)C(F)(F)F. The molecule has 1 aromatic heterocycles. The summed E-state index contributed by atoms with van der Waals surface area (Å²) in [6.45, 7) is 0. The summed E-state index contributed by atoms with van der Waals surface area (Å²) >= 11 is 0. The Morgan fingerprint density at radius 1 is 0.676 bits per heavy atom. The zero-order chi connectivity index (χ0) is 29.8. The molecule has 1 amide bonds. The second-order valence-corrected chi connectivity index (χ2v) is 6.63. The van der Waals surface area contributed by atoms with E-state index in [1.807, 2.05) is 0 Å². The van der Waals surface area contributed by atoms with E-state index in [-0.39, 0.29) is 12.3 Å². The first-order valence-corrected chi connectivity index (χ1v) is 8.19. The van der Waals surface area contributed by atoms with Gasteiger partial charge in [-0.15, -0.1) is 0 Å². The zero-order valence-electron chi connectivity index (χ0n) is 16.3. The van der Waals surface area contributed by atoms with Crippen molar-refractivity contribution in [3.63, 3.8) is 0 Å². The van der Waals surface area contributed by atoms with Crippen LogP contribution in [0.1, 0.15) is 0 Å². The molecule has 0 saturated heterocycles. The maximum Gasteiger partial charge on any atom is 0.460 e. The molecule has 1 aromatic rings. The molecule has 0 fully saturated rings. The van der Waals surface area contributed by atoms with Gasteiger partial charge in [-0.3, -0.25) is 14.9 Å². The van der Waals surface area contributed by atoms with E-state index in [0.717, 1.165) is 0 Å². The largest absolute Gasteiger partial charge is 0.460 e. The third-order valence-electron chi connectivity index (χ3n) is 4.21. The van der Waals surface area contributed by atoms with Gasteiger partial charge in [0, 0.05) is 6.07 Å². The van der Waals surface area contributed by atoms with Crippen molar-refractivity contribution in [3.05, 3.63) is 28.4 Å². The summed E-state index contributed by atoms with van der Waals surface area (Å²) in [5.74, 6) is -64.0. The summed E-state index contributed by atoms with van der Waals surface area (Å²) in [7, 11) is 0. The molecular weight excluding hydrogens is 581 g/mol. The van der Waals surface area contributed by atoms with Gasteiger partial charge in [-0.1, -0.05) is 0 Å². The number of nitrogens with one attached hydrogen (secondary N) is 1. The van der Waals surface area contributed by atoms with Crippen LogP contribution in [0.5, 0.6) is 0 Å². The summed E-state index contributed by atoms with van der Waals surface area (Å²) in [5.41, 5.74) is -0.958. The van der Waals surface area contributed by atoms with Crippen molar-refractivity contribution in [1.82, 2.24) is 4.98 Å². The number of pyridine rings is 1. The van der Waals surface area contributed by atoms with E-state index in [1.54, 1.807) is 0 Å². The van der Waals surface area contributed by atoms with Crippen LogP contribution in [0, 0.1) is 10.1 Å². The average molecular weight is 585 g/mol. The number of halogens is 17. The van der Waals surface area contributed by atoms with Crippen molar-refractivity contribution in [2.45, 2.75) is 47.6 Å². The molecular formula is C14H4F17N3O3. The average Bonchev–Trinajstić information content (AvgIpc) is 2.72. The minimum absolute atomic E-state index is 0.123. The zero-order valence-corrected chi connectivity index (χ0v) is 16.3. The van der Waals surface area contributed by atoms with Crippen molar-refractivity contribution in [2.75, 3.05) is 5.32 Å². The van der Waals surface area contributed by atoms with Crippen LogP contribution >= 0.6 is 0 Å². The molecule has 0 bridgehead atoms. The lowest BCUT2D eigenvalue weighted by molar-refractivity contribution is -0.459. The van der Waals surface area contributed by atoms with Crippen LogP contribution in [-0.2, 0) is 4.79 Å². The van der Waals surface area contributed by atoms with Crippen LogP contribution in [0.2, 0.25) is 0 Å². The molecule has 0 aliphatic carbocycles. The molecule has 0 spiro atoms. The Bertz CT molecular complexity index is 1040. The molecule has 0 aromatic carbocycles. The van der Waals surface area contributed by atoms with Gasteiger partial charge in [0.05, 0.1) is 4.92 Å². The first kappa shape index (κ1) is 31.9. The molecule has 0 aliphatic rings. The molecule has 1 rings (SSSR count). The van der Waals surface area contributed by atoms with Crippen LogP contribution in [0.15, 0.2) is 18.3 Å². The number of anilines is 1. The van der Waals surface area contributed by atoms with Gasteiger partial charge in [0.1, 0.15) is 12.0 Å². The summed E-state index contributed by atoms with van der Waals surface area (Å²) in [5, 5.41) is 10.9. The molecule has 0 saturated carbocycles. The molecule has 0 unspecified atom stereocenters. The van der Waals surface area contributed by atoms with Gasteiger partial charge in [-0.05, 0) is 6.07 Å². The third-order valence-corrected chi connectivity index (χ3v) is 4.21. The van der Waals surface area contributed by atoms with Crippen molar-refractivity contribution in [2.24, 2.45) is 0 Å². The monoisotopic (exact) mass is 585 g/mol. The third kappa shape index (κ3) is 4.44. The summed E-state index contributed by atoms with van der Waals surface area (Å²) in [6, 6.07) is 0.468. The Morgan fingerprint density at radius 3 is 1.38 bits per heavy atom. The fourth-order valence-corrected chi connectivity index (χ4v) is 2.07. The van der Waals surface area contributed by atoms with Crippen LogP contribution in [-0.4, -0.2) is 63.4 Å². The Labute approximate surface area is 189 Å². The number of amides is 1. The summed E-state index contributed by atoms with van der Waals surface area (Å²) in [6.07, 6.45) is -7.76. The van der Waals surface area contributed by atoms with Crippen LogP contribution in [0.25, 0.3) is 0 Å². The van der Waals surface area contributed by atoms with Crippen LogP contribution < -0.4 is 5.32 Å². The second kappa shape index (κ2) is 8.70. The Balaban J connectivity index is 3.53. The van der Waals surface area contributed by atoms with Gasteiger partial charge in [0.25, 0.3) is 5.69 Å². The number of nitro groups is 1. The minimum atomic E-state index is -8.82. The van der Waals surface area contributed by atoms with E-state index >= 15 is 0 Å². The van der Waals surface area contributed by atoms with E-state index in [4.69, 9.17) is 0 Å². The highest BCUT2D eigenvalue weighted by Gasteiger charge is 2.95. The number of carbonyl (C=O) groups is 1. The molecule has 23 heteroatoms. The lowest BCUT2D eigenvalue weighted by Crippen LogP contribution is -2.75. The predicted molar refractivity (Wildman–Crippen MR) is 80.2 cm³/mol. The maximum absolute atomic E-state index is 13.8. The molecule has 212 valence electrons. The molecule has 37 heavy (non-hydrogen) atoms. The van der Waals surface area contributed by atoms with Gasteiger partial charge in [-0.2, -0.15) is 74.6 Å². The lowest BCUT2D eigenvalue weighted by atomic mass is 9.89. The highest BCUT2D eigenvalue weighted by atomic mass is 19.4. The van der Waals surface area contributed by atoms with Gasteiger partial charge < -0.3 is 5.32 Å². The van der Waals surface area contributed by atoms with Crippen LogP contribution in [0.3, 0.4) is 0 Å². The Hall–Kier alpha value is -3.17. The van der Waals surface area contributed by atoms with E-state index in [0.29, 0.717) is 11.4 Å². The van der Waals surface area contributed by atoms with E-state index < -0.39 is 70.0 Å². The highest BCUT2D eigenvalue weighted by molar-refractivity contribution is 5.96. The molecule has 0 atom stereocenters. The number of alkyl halides is 17. The lowest BCUT2D eigenvalue weighted by Gasteiger charge is -2.42. The van der Waals surface area contributed by atoms with E-state index in [1.165, 1.54) is 0 Å². The fourth-order valence-electron chi connectivity index (χ4n) is 2.07. The number of hydrogen-bond acceptors (Lipinski definition) is 4. The second-order valence-electron chi connectivity index (χ2n) is 6.63. The van der Waals surface area contributed by atoms with Gasteiger partial charge in [0.2, 0.25) is 0 Å². The topological polar surface area (TPSA) is 85.1 Å². The van der Waals surface area contributed by atoms with Gasteiger partial charge in [0.15, 0.2) is 0 Å². The van der Waals surface area contributed by atoms with E-state index in [2.05, 4.69) is 4.98 Å². The van der Waals surface area contributed by atoms with Gasteiger partial charge >= 0.3 is 53.5 Å². The highest BCUT2D eigenvalue weighted by Crippen LogP contribution is 2.63. The molecule has 6 nitrogen and oxygen atoms in total. The number of nitrogens with zero attached hydrogens (tertiary/aromatic N) is 2. The predicted octanol–water partition coefficient (Wildman–Crippen LogP) is 5.94. The normalized spacial score (nSPS) is 14.9. The Morgan fingerprint density at radius 2 is 1.05 bits per heavy atom. The number of aromatic nitrogens is 1. The molecule has 1 N–H and O–H groups in total. The minimum Gasteiger partial charge on any atom is -0.305 e. The molecule has 0 radical (unpaired) electrons. The van der Waals surface area contributed by atoms with E-state index in [9.17, 15) is 89.5 Å². The first-order valence-electron chi connectivity index (χ1n) is 8.19. The van der Waals surface area contributed by atoms with Crippen LogP contribution in [0.4, 0.5) is 86.1 Å². The first-order chi connectivity index (χ1) is 16.1.